The molecule has 0 fully saturated rings. The van der Waals surface area contributed by atoms with E-state index in [4.69, 9.17) is 13.9 Å². The number of ether oxygens (including phenoxy) is 2. The van der Waals surface area contributed by atoms with Gasteiger partial charge in [-0.3, -0.25) is 0 Å². The van der Waals surface area contributed by atoms with Crippen LogP contribution in [0.25, 0.3) is 0 Å². The summed E-state index contributed by atoms with van der Waals surface area (Å²) < 4.78 is 51.6. The third kappa shape index (κ3) is 11.4. The first-order valence-electron chi connectivity index (χ1n) is 9.22. The number of aliphatic imine (C=N–C) groups is 1. The Bertz CT molecular complexity index is 740. The average Bonchev–Trinajstić information content (AvgIpc) is 3.19. The second-order valence-corrected chi connectivity index (χ2v) is 6.27. The lowest BCUT2D eigenvalue weighted by atomic mass is 10.1. The molecule has 0 spiro atoms. The molecule has 0 amide bonds. The predicted molar refractivity (Wildman–Crippen MR) is 119 cm³/mol. The quantitative estimate of drug-likeness (QED) is 0.196. The summed E-state index contributed by atoms with van der Waals surface area (Å²) in [7, 11) is 1.62. The van der Waals surface area contributed by atoms with Crippen molar-refractivity contribution in [3.05, 3.63) is 59.5 Å². The second-order valence-electron chi connectivity index (χ2n) is 6.27. The van der Waals surface area contributed by atoms with Gasteiger partial charge in [0.05, 0.1) is 26.0 Å². The van der Waals surface area contributed by atoms with Crippen molar-refractivity contribution < 1.29 is 27.1 Å². The number of hydrogen-bond donors (Lipinski definition) is 2. The molecule has 0 aliphatic carbocycles. The van der Waals surface area contributed by atoms with E-state index in [9.17, 15) is 13.2 Å². The van der Waals surface area contributed by atoms with Gasteiger partial charge in [-0.25, -0.2) is 4.99 Å². The molecule has 10 heteroatoms. The molecule has 2 rings (SSSR count). The van der Waals surface area contributed by atoms with Gasteiger partial charge >= 0.3 is 6.18 Å². The van der Waals surface area contributed by atoms with Crippen LogP contribution in [0.15, 0.2) is 52.1 Å². The molecule has 0 saturated carbocycles. The Labute approximate surface area is 191 Å². The number of hydrogen-bond acceptors (Lipinski definition) is 4. The molecule has 0 unspecified atom stereocenters. The molecule has 0 atom stereocenters. The van der Waals surface area contributed by atoms with Crippen molar-refractivity contribution >= 4 is 29.9 Å². The molecular formula is C20H27F3IN3O3. The highest BCUT2D eigenvalue weighted by Crippen LogP contribution is 2.16. The monoisotopic (exact) mass is 541 g/mol. The number of alkyl halides is 3. The summed E-state index contributed by atoms with van der Waals surface area (Å²) in [4.78, 5) is 4.53. The molecule has 0 bridgehead atoms. The standard InChI is InChI=1S/C20H26F3N3O3.HI/c1-27-11-9-25-19(24-8-7-18-6-3-10-29-18)26-13-16-4-2-5-17(12-16)14-28-15-20(21,22)23;/h2-6,10,12H,7-9,11,13-15H2,1H3,(H2,24,25,26);1H. The van der Waals surface area contributed by atoms with E-state index >= 15 is 0 Å². The normalized spacial score (nSPS) is 11.8. The Kier molecular flexibility index (Phi) is 12.5. The zero-order valence-corrected chi connectivity index (χ0v) is 19.0. The van der Waals surface area contributed by atoms with Gasteiger partial charge in [0.2, 0.25) is 0 Å². The summed E-state index contributed by atoms with van der Waals surface area (Å²) in [6.07, 6.45) is -1.98. The Hall–Kier alpha value is -1.79. The Morgan fingerprint density at radius 1 is 1.10 bits per heavy atom. The van der Waals surface area contributed by atoms with Crippen LogP contribution < -0.4 is 10.6 Å². The largest absolute Gasteiger partial charge is 0.469 e. The summed E-state index contributed by atoms with van der Waals surface area (Å²) in [5.41, 5.74) is 1.54. The predicted octanol–water partition coefficient (Wildman–Crippen LogP) is 3.90. The van der Waals surface area contributed by atoms with Crippen molar-refractivity contribution in [2.24, 2.45) is 4.99 Å². The topological polar surface area (TPSA) is 68.0 Å². The summed E-state index contributed by atoms with van der Waals surface area (Å²) in [5.74, 6) is 1.49. The first-order chi connectivity index (χ1) is 14.0. The van der Waals surface area contributed by atoms with E-state index < -0.39 is 12.8 Å². The third-order valence-electron chi connectivity index (χ3n) is 3.79. The maximum absolute atomic E-state index is 12.2. The van der Waals surface area contributed by atoms with Crippen LogP contribution in [0.1, 0.15) is 16.9 Å². The Balaban J connectivity index is 0.00000450. The summed E-state index contributed by atoms with van der Waals surface area (Å²) >= 11 is 0. The molecule has 2 N–H and O–H groups in total. The highest BCUT2D eigenvalue weighted by molar-refractivity contribution is 14.0. The lowest BCUT2D eigenvalue weighted by Gasteiger charge is -2.12. The minimum absolute atomic E-state index is 0. The fourth-order valence-corrected chi connectivity index (χ4v) is 2.48. The summed E-state index contributed by atoms with van der Waals surface area (Å²) in [5, 5.41) is 6.40. The van der Waals surface area contributed by atoms with Gasteiger partial charge in [-0.1, -0.05) is 24.3 Å². The van der Waals surface area contributed by atoms with E-state index in [1.165, 1.54) is 0 Å². The van der Waals surface area contributed by atoms with Crippen molar-refractivity contribution in [2.75, 3.05) is 33.4 Å². The SMILES string of the molecule is COCCNC(=NCc1cccc(COCC(F)(F)F)c1)NCCc1ccco1.I. The molecule has 2 aromatic rings. The van der Waals surface area contributed by atoms with Crippen molar-refractivity contribution in [1.82, 2.24) is 10.6 Å². The highest BCUT2D eigenvalue weighted by Gasteiger charge is 2.27. The minimum atomic E-state index is -4.33. The zero-order valence-electron chi connectivity index (χ0n) is 16.7. The zero-order chi connectivity index (χ0) is 21.0. The number of nitrogens with zero attached hydrogens (tertiary/aromatic N) is 1. The number of methoxy groups -OCH3 is 1. The van der Waals surface area contributed by atoms with Gasteiger partial charge in [0.25, 0.3) is 0 Å². The molecule has 0 radical (unpaired) electrons. The number of furan rings is 1. The van der Waals surface area contributed by atoms with E-state index in [2.05, 4.69) is 15.6 Å². The minimum Gasteiger partial charge on any atom is -0.469 e. The van der Waals surface area contributed by atoms with Crippen LogP contribution in [0.3, 0.4) is 0 Å². The summed E-state index contributed by atoms with van der Waals surface area (Å²) in [6.45, 7) is 0.771. The Morgan fingerprint density at radius 3 is 2.57 bits per heavy atom. The van der Waals surface area contributed by atoms with Crippen LogP contribution >= 0.6 is 24.0 Å². The first-order valence-corrected chi connectivity index (χ1v) is 9.22. The van der Waals surface area contributed by atoms with Crippen LogP contribution in [0, 0.1) is 0 Å². The van der Waals surface area contributed by atoms with Gasteiger partial charge in [-0.15, -0.1) is 24.0 Å². The van der Waals surface area contributed by atoms with Crippen molar-refractivity contribution in [3.8, 4) is 0 Å². The van der Waals surface area contributed by atoms with Crippen LogP contribution in [-0.2, 0) is 29.0 Å². The van der Waals surface area contributed by atoms with Crippen molar-refractivity contribution in [1.29, 1.82) is 0 Å². The maximum atomic E-state index is 12.2. The number of rotatable bonds is 11. The molecule has 6 nitrogen and oxygen atoms in total. The lowest BCUT2D eigenvalue weighted by Crippen LogP contribution is -2.40. The van der Waals surface area contributed by atoms with Gasteiger partial charge in [0.15, 0.2) is 5.96 Å². The molecule has 0 aliphatic rings. The van der Waals surface area contributed by atoms with Crippen LogP contribution in [0.5, 0.6) is 0 Å². The van der Waals surface area contributed by atoms with E-state index in [1.54, 1.807) is 31.6 Å². The average molecular weight is 541 g/mol. The van der Waals surface area contributed by atoms with Gasteiger partial charge in [0, 0.05) is 26.6 Å². The van der Waals surface area contributed by atoms with E-state index in [0.29, 0.717) is 44.2 Å². The molecule has 1 heterocycles. The fourth-order valence-electron chi connectivity index (χ4n) is 2.48. The van der Waals surface area contributed by atoms with Crippen LogP contribution in [0.2, 0.25) is 0 Å². The van der Waals surface area contributed by atoms with Gasteiger partial charge in [0.1, 0.15) is 12.4 Å². The first kappa shape index (κ1) is 26.2. The number of halogens is 4. The molecule has 1 aromatic heterocycles. The van der Waals surface area contributed by atoms with Crippen molar-refractivity contribution in [3.63, 3.8) is 0 Å². The van der Waals surface area contributed by atoms with Crippen LogP contribution in [-0.4, -0.2) is 45.5 Å². The van der Waals surface area contributed by atoms with Crippen molar-refractivity contribution in [2.45, 2.75) is 25.7 Å². The number of benzene rings is 1. The van der Waals surface area contributed by atoms with E-state index in [0.717, 1.165) is 11.3 Å². The molecule has 0 saturated heterocycles. The lowest BCUT2D eigenvalue weighted by molar-refractivity contribution is -0.176. The highest BCUT2D eigenvalue weighted by atomic mass is 127. The van der Waals surface area contributed by atoms with Crippen LogP contribution in [0.4, 0.5) is 13.2 Å². The smallest absolute Gasteiger partial charge is 0.411 e. The number of nitrogens with one attached hydrogen (secondary N) is 2. The molecular weight excluding hydrogens is 514 g/mol. The molecule has 30 heavy (non-hydrogen) atoms. The second kappa shape index (κ2) is 14.3. The molecule has 0 aliphatic heterocycles. The summed E-state index contributed by atoms with van der Waals surface area (Å²) in [6, 6.07) is 10.9. The maximum Gasteiger partial charge on any atom is 0.411 e. The fraction of sp³-hybridized carbons (Fsp3) is 0.450. The number of guanidine groups is 1. The molecule has 168 valence electrons. The van der Waals surface area contributed by atoms with E-state index in [-0.39, 0.29) is 30.6 Å². The van der Waals surface area contributed by atoms with Gasteiger partial charge in [-0.05, 0) is 23.3 Å². The van der Waals surface area contributed by atoms with Gasteiger partial charge < -0.3 is 24.5 Å². The van der Waals surface area contributed by atoms with Gasteiger partial charge in [-0.2, -0.15) is 13.2 Å². The molecule has 1 aromatic carbocycles. The van der Waals surface area contributed by atoms with E-state index in [1.807, 2.05) is 18.2 Å². The third-order valence-corrected chi connectivity index (χ3v) is 3.79. The Morgan fingerprint density at radius 2 is 1.87 bits per heavy atom.